The molecule has 1 heterocycles. The van der Waals surface area contributed by atoms with Crippen molar-refractivity contribution >= 4 is 11.6 Å². The fourth-order valence-corrected chi connectivity index (χ4v) is 2.02. The van der Waals surface area contributed by atoms with E-state index in [-0.39, 0.29) is 0 Å². The van der Waals surface area contributed by atoms with E-state index < -0.39 is 12.2 Å². The van der Waals surface area contributed by atoms with Crippen molar-refractivity contribution < 1.29 is 10.2 Å². The zero-order valence-electron chi connectivity index (χ0n) is 10.5. The van der Waals surface area contributed by atoms with Gasteiger partial charge in [-0.15, -0.1) is 0 Å². The molecule has 0 radical (unpaired) electrons. The summed E-state index contributed by atoms with van der Waals surface area (Å²) >= 11 is 5.84. The van der Waals surface area contributed by atoms with Gasteiger partial charge in [0.2, 0.25) is 0 Å². The molecule has 2 unspecified atom stereocenters. The molecule has 1 aromatic heterocycles. The predicted molar refractivity (Wildman–Crippen MR) is 73.9 cm³/mol. The van der Waals surface area contributed by atoms with Crippen molar-refractivity contribution in [1.29, 1.82) is 0 Å². The van der Waals surface area contributed by atoms with Crippen molar-refractivity contribution in [2.45, 2.75) is 12.2 Å². The number of hydrogen-bond acceptors (Lipinski definition) is 4. The lowest BCUT2D eigenvalue weighted by Gasteiger charge is -2.17. The van der Waals surface area contributed by atoms with Crippen LogP contribution in [0, 0.1) is 0 Å². The molecule has 6 heteroatoms. The van der Waals surface area contributed by atoms with Gasteiger partial charge >= 0.3 is 0 Å². The number of nitrogens with zero attached hydrogens (tertiary/aromatic N) is 1. The van der Waals surface area contributed by atoms with E-state index in [9.17, 15) is 10.2 Å². The Bertz CT molecular complexity index is 527. The molecule has 2 aromatic rings. The number of aliphatic hydroxyl groups excluding tert-OH is 2. The van der Waals surface area contributed by atoms with Crippen LogP contribution in [0.2, 0.25) is 5.02 Å². The number of rotatable bonds is 5. The van der Waals surface area contributed by atoms with E-state index in [2.05, 4.69) is 15.5 Å². The minimum absolute atomic E-state index is 0.298. The largest absolute Gasteiger partial charge is 0.389 e. The minimum atomic E-state index is -1.00. The van der Waals surface area contributed by atoms with E-state index in [4.69, 9.17) is 11.6 Å². The maximum absolute atomic E-state index is 10.1. The lowest BCUT2D eigenvalue weighted by atomic mass is 10.0. The highest BCUT2D eigenvalue weighted by molar-refractivity contribution is 6.30. The molecule has 0 bridgehead atoms. The molecule has 5 nitrogen and oxygen atoms in total. The lowest BCUT2D eigenvalue weighted by Crippen LogP contribution is -2.29. The highest BCUT2D eigenvalue weighted by Gasteiger charge is 2.22. The van der Waals surface area contributed by atoms with Gasteiger partial charge in [0.15, 0.2) is 0 Å². The average Bonchev–Trinajstić information content (AvgIpc) is 2.88. The average molecular weight is 282 g/mol. The van der Waals surface area contributed by atoms with E-state index in [1.807, 2.05) is 12.1 Å². The summed E-state index contributed by atoms with van der Waals surface area (Å²) in [7, 11) is 1.71. The van der Waals surface area contributed by atoms with Crippen LogP contribution in [-0.2, 0) is 0 Å². The van der Waals surface area contributed by atoms with E-state index in [0.717, 1.165) is 5.56 Å². The molecule has 0 spiro atoms. The van der Waals surface area contributed by atoms with Gasteiger partial charge in [0, 0.05) is 22.7 Å². The van der Waals surface area contributed by atoms with E-state index in [1.54, 1.807) is 19.2 Å². The second-order valence-electron chi connectivity index (χ2n) is 4.28. The van der Waals surface area contributed by atoms with Crippen LogP contribution in [-0.4, -0.2) is 40.1 Å². The van der Waals surface area contributed by atoms with Gasteiger partial charge in [0.25, 0.3) is 0 Å². The summed E-state index contributed by atoms with van der Waals surface area (Å²) in [5, 5.41) is 30.2. The molecule has 0 amide bonds. The predicted octanol–water partition coefficient (Wildman–Crippen LogP) is 1.34. The third-order valence-electron chi connectivity index (χ3n) is 2.90. The number of aromatic nitrogens is 2. The highest BCUT2D eigenvalue weighted by atomic mass is 35.5. The zero-order chi connectivity index (χ0) is 13.8. The molecule has 1 aromatic carbocycles. The third-order valence-corrected chi connectivity index (χ3v) is 3.15. The van der Waals surface area contributed by atoms with Crippen LogP contribution in [0.25, 0.3) is 11.3 Å². The molecule has 4 N–H and O–H groups in total. The molecule has 0 saturated heterocycles. The molecule has 0 aliphatic carbocycles. The maximum atomic E-state index is 10.1. The first-order valence-corrected chi connectivity index (χ1v) is 6.31. The van der Waals surface area contributed by atoms with Gasteiger partial charge in [-0.1, -0.05) is 23.7 Å². The standard InChI is InChI=1S/C13H16ClN3O2/c1-15-7-11(18)13(19)10-6-16-17-12(10)8-2-4-9(14)5-3-8/h2-6,11,13,15,18-19H,7H2,1H3,(H,16,17). The minimum Gasteiger partial charge on any atom is -0.389 e. The number of H-pyrrole nitrogens is 1. The molecule has 19 heavy (non-hydrogen) atoms. The summed E-state index contributed by atoms with van der Waals surface area (Å²) in [6.45, 7) is 0.298. The van der Waals surface area contributed by atoms with Crippen LogP contribution in [0.4, 0.5) is 0 Å². The molecule has 0 aliphatic heterocycles. The number of halogens is 1. The molecule has 0 aliphatic rings. The first-order chi connectivity index (χ1) is 9.13. The van der Waals surface area contributed by atoms with Crippen molar-refractivity contribution in [3.8, 4) is 11.3 Å². The number of aromatic amines is 1. The van der Waals surface area contributed by atoms with Crippen LogP contribution in [0.15, 0.2) is 30.5 Å². The SMILES string of the molecule is CNCC(O)C(O)c1cn[nH]c1-c1ccc(Cl)cc1. The smallest absolute Gasteiger partial charge is 0.110 e. The first-order valence-electron chi connectivity index (χ1n) is 5.93. The summed E-state index contributed by atoms with van der Waals surface area (Å²) < 4.78 is 0. The van der Waals surface area contributed by atoms with Gasteiger partial charge in [-0.3, -0.25) is 5.10 Å². The van der Waals surface area contributed by atoms with Crippen LogP contribution in [0.5, 0.6) is 0 Å². The number of hydrogen-bond donors (Lipinski definition) is 4. The van der Waals surface area contributed by atoms with Crippen LogP contribution < -0.4 is 5.32 Å². The van der Waals surface area contributed by atoms with Gasteiger partial charge in [0.1, 0.15) is 6.10 Å². The Kier molecular flexibility index (Phi) is 4.55. The second-order valence-corrected chi connectivity index (χ2v) is 4.71. The summed E-state index contributed by atoms with van der Waals surface area (Å²) in [5.74, 6) is 0. The van der Waals surface area contributed by atoms with Crippen molar-refractivity contribution in [2.75, 3.05) is 13.6 Å². The van der Waals surface area contributed by atoms with Crippen LogP contribution in [0.3, 0.4) is 0 Å². The van der Waals surface area contributed by atoms with Gasteiger partial charge in [0.05, 0.1) is 18.0 Å². The van der Waals surface area contributed by atoms with Crippen molar-refractivity contribution in [3.63, 3.8) is 0 Å². The number of nitrogens with one attached hydrogen (secondary N) is 2. The highest BCUT2D eigenvalue weighted by Crippen LogP contribution is 2.28. The molecule has 0 saturated carbocycles. The Morgan fingerprint density at radius 1 is 1.32 bits per heavy atom. The fraction of sp³-hybridized carbons (Fsp3) is 0.308. The quantitative estimate of drug-likeness (QED) is 0.667. The molecular weight excluding hydrogens is 266 g/mol. The van der Waals surface area contributed by atoms with Crippen molar-refractivity contribution in [3.05, 3.63) is 41.0 Å². The maximum Gasteiger partial charge on any atom is 0.110 e. The van der Waals surface area contributed by atoms with Gasteiger partial charge in [-0.25, -0.2) is 0 Å². The first kappa shape index (κ1) is 14.0. The third kappa shape index (κ3) is 3.13. The summed E-state index contributed by atoms with van der Waals surface area (Å²) in [4.78, 5) is 0. The van der Waals surface area contributed by atoms with Crippen LogP contribution >= 0.6 is 11.6 Å². The topological polar surface area (TPSA) is 81.2 Å². The van der Waals surface area contributed by atoms with Gasteiger partial charge in [-0.2, -0.15) is 5.10 Å². The Morgan fingerprint density at radius 3 is 2.63 bits per heavy atom. The number of likely N-dealkylation sites (N-methyl/N-ethyl adjacent to an activating group) is 1. The summed E-state index contributed by atoms with van der Waals surface area (Å²) in [5.41, 5.74) is 2.09. The monoisotopic (exact) mass is 281 g/mol. The van der Waals surface area contributed by atoms with Gasteiger partial charge in [-0.05, 0) is 19.2 Å². The van der Waals surface area contributed by atoms with Gasteiger partial charge < -0.3 is 15.5 Å². The molecule has 102 valence electrons. The summed E-state index contributed by atoms with van der Waals surface area (Å²) in [6.07, 6.45) is -0.376. The normalized spacial score (nSPS) is 14.3. The number of benzene rings is 1. The molecule has 2 rings (SSSR count). The Hall–Kier alpha value is -1.40. The number of aliphatic hydroxyl groups is 2. The van der Waals surface area contributed by atoms with Crippen LogP contribution in [0.1, 0.15) is 11.7 Å². The Morgan fingerprint density at radius 2 is 2.00 bits per heavy atom. The molecular formula is C13H16ClN3O2. The Labute approximate surface area is 116 Å². The van der Waals surface area contributed by atoms with E-state index in [1.165, 1.54) is 6.20 Å². The van der Waals surface area contributed by atoms with E-state index >= 15 is 0 Å². The summed E-state index contributed by atoms with van der Waals surface area (Å²) in [6, 6.07) is 7.18. The Balaban J connectivity index is 2.29. The lowest BCUT2D eigenvalue weighted by molar-refractivity contribution is 0.0206. The molecule has 2 atom stereocenters. The zero-order valence-corrected chi connectivity index (χ0v) is 11.2. The van der Waals surface area contributed by atoms with E-state index in [0.29, 0.717) is 22.8 Å². The molecule has 0 fully saturated rings. The fourth-order valence-electron chi connectivity index (χ4n) is 1.90. The van der Waals surface area contributed by atoms with Crippen molar-refractivity contribution in [1.82, 2.24) is 15.5 Å². The second kappa shape index (κ2) is 6.16. The van der Waals surface area contributed by atoms with Crippen molar-refractivity contribution in [2.24, 2.45) is 0 Å².